The van der Waals surface area contributed by atoms with E-state index in [1.807, 2.05) is 0 Å². The molecular weight excluding hydrogens is 182 g/mol. The molecule has 1 aliphatic rings. The molecule has 1 aliphatic carbocycles. The van der Waals surface area contributed by atoms with Crippen LogP contribution in [0.15, 0.2) is 18.3 Å². The summed E-state index contributed by atoms with van der Waals surface area (Å²) in [6.07, 6.45) is 3.93. The van der Waals surface area contributed by atoms with Crippen LogP contribution in [0.2, 0.25) is 0 Å². The fourth-order valence-corrected chi connectivity index (χ4v) is 1.60. The summed E-state index contributed by atoms with van der Waals surface area (Å²) < 4.78 is 0. The number of hydrogen-bond acceptors (Lipinski definition) is 3. The Morgan fingerprint density at radius 3 is 2.50 bits per heavy atom. The molecule has 0 atom stereocenters. The molecule has 2 rings (SSSR count). The molecule has 0 aliphatic heterocycles. The van der Waals surface area contributed by atoms with Crippen LogP contribution in [0, 0.1) is 0 Å². The lowest BCUT2D eigenvalue weighted by Gasteiger charge is -2.36. The van der Waals surface area contributed by atoms with Gasteiger partial charge in [0.2, 0.25) is 0 Å². The van der Waals surface area contributed by atoms with Crippen LogP contribution < -0.4 is 0 Å². The average Bonchev–Trinajstić information content (AvgIpc) is 2.14. The molecule has 1 heterocycles. The second kappa shape index (κ2) is 3.06. The van der Waals surface area contributed by atoms with Gasteiger partial charge in [-0.05, 0) is 25.3 Å². The first-order valence-electron chi connectivity index (χ1n) is 4.54. The molecule has 1 saturated carbocycles. The molecule has 0 unspecified atom stereocenters. The summed E-state index contributed by atoms with van der Waals surface area (Å²) in [5.41, 5.74) is -0.0326. The molecule has 4 heteroatoms. The van der Waals surface area contributed by atoms with Crippen LogP contribution in [0.5, 0.6) is 0 Å². The minimum atomic E-state index is -1.04. The summed E-state index contributed by atoms with van der Waals surface area (Å²) in [5.74, 6) is -1.04. The topological polar surface area (TPSA) is 70.4 Å². The molecule has 14 heavy (non-hydrogen) atoms. The van der Waals surface area contributed by atoms with E-state index in [0.29, 0.717) is 5.56 Å². The maximum absolute atomic E-state index is 10.5. The second-order valence-electron chi connectivity index (χ2n) is 3.62. The number of carboxylic acids is 1. The van der Waals surface area contributed by atoms with Crippen molar-refractivity contribution in [3.05, 3.63) is 29.6 Å². The molecule has 74 valence electrons. The van der Waals surface area contributed by atoms with Crippen molar-refractivity contribution in [1.29, 1.82) is 0 Å². The van der Waals surface area contributed by atoms with E-state index in [4.69, 9.17) is 5.11 Å². The Bertz CT molecular complexity index is 354. The zero-order valence-corrected chi connectivity index (χ0v) is 7.60. The maximum Gasteiger partial charge on any atom is 0.354 e. The molecule has 0 saturated heterocycles. The lowest BCUT2D eigenvalue weighted by atomic mass is 9.76. The van der Waals surface area contributed by atoms with Crippen molar-refractivity contribution in [2.24, 2.45) is 0 Å². The van der Waals surface area contributed by atoms with Gasteiger partial charge in [-0.2, -0.15) is 0 Å². The van der Waals surface area contributed by atoms with Gasteiger partial charge in [0.1, 0.15) is 5.69 Å². The van der Waals surface area contributed by atoms with E-state index in [2.05, 4.69) is 4.98 Å². The molecule has 2 N–H and O–H groups in total. The average molecular weight is 193 g/mol. The van der Waals surface area contributed by atoms with E-state index >= 15 is 0 Å². The van der Waals surface area contributed by atoms with E-state index < -0.39 is 11.6 Å². The third-order valence-electron chi connectivity index (χ3n) is 2.70. The Hall–Kier alpha value is -1.42. The van der Waals surface area contributed by atoms with Crippen molar-refractivity contribution in [2.75, 3.05) is 0 Å². The van der Waals surface area contributed by atoms with Gasteiger partial charge >= 0.3 is 5.97 Å². The molecule has 1 aromatic rings. The second-order valence-corrected chi connectivity index (χ2v) is 3.62. The first kappa shape index (κ1) is 9.15. The number of aromatic carboxylic acids is 1. The predicted octanol–water partition coefficient (Wildman–Crippen LogP) is 1.15. The van der Waals surface area contributed by atoms with Crippen LogP contribution in [0.3, 0.4) is 0 Å². The van der Waals surface area contributed by atoms with Crippen molar-refractivity contribution in [1.82, 2.24) is 4.98 Å². The molecule has 0 spiro atoms. The van der Waals surface area contributed by atoms with Crippen LogP contribution in [-0.4, -0.2) is 21.2 Å². The highest BCUT2D eigenvalue weighted by atomic mass is 16.4. The number of carboxylic acid groups (broad SMARTS) is 1. The third kappa shape index (κ3) is 1.37. The molecule has 1 fully saturated rings. The summed E-state index contributed by atoms with van der Waals surface area (Å²) in [6.45, 7) is 0. The van der Waals surface area contributed by atoms with Gasteiger partial charge in [0.05, 0.1) is 5.60 Å². The fourth-order valence-electron chi connectivity index (χ4n) is 1.60. The summed E-state index contributed by atoms with van der Waals surface area (Å²) in [5, 5.41) is 18.5. The van der Waals surface area contributed by atoms with Crippen molar-refractivity contribution < 1.29 is 15.0 Å². The molecule has 0 aromatic carbocycles. The van der Waals surface area contributed by atoms with Crippen LogP contribution in [-0.2, 0) is 5.60 Å². The van der Waals surface area contributed by atoms with Gasteiger partial charge in [0.25, 0.3) is 0 Å². The summed E-state index contributed by atoms with van der Waals surface area (Å²) in [7, 11) is 0. The number of aliphatic hydroxyl groups is 1. The standard InChI is InChI=1S/C10H11NO3/c12-9(13)8-3-2-7(6-11-8)10(14)4-1-5-10/h2-3,6,14H,1,4-5H2,(H,12,13). The Labute approximate surface area is 81.2 Å². The summed E-state index contributed by atoms with van der Waals surface area (Å²) in [6, 6.07) is 3.06. The quantitative estimate of drug-likeness (QED) is 0.739. The Morgan fingerprint density at radius 1 is 1.43 bits per heavy atom. The highest BCUT2D eigenvalue weighted by Gasteiger charge is 2.36. The monoisotopic (exact) mass is 193 g/mol. The van der Waals surface area contributed by atoms with Gasteiger partial charge in [-0.3, -0.25) is 0 Å². The first-order valence-corrected chi connectivity index (χ1v) is 4.54. The Morgan fingerprint density at radius 2 is 2.14 bits per heavy atom. The first-order chi connectivity index (χ1) is 6.62. The van der Waals surface area contributed by atoms with Gasteiger partial charge < -0.3 is 10.2 Å². The van der Waals surface area contributed by atoms with Crippen LogP contribution in [0.4, 0.5) is 0 Å². The van der Waals surface area contributed by atoms with E-state index in [1.165, 1.54) is 12.3 Å². The van der Waals surface area contributed by atoms with Crippen molar-refractivity contribution in [2.45, 2.75) is 24.9 Å². The lowest BCUT2D eigenvalue weighted by molar-refractivity contribution is -0.0391. The van der Waals surface area contributed by atoms with E-state index in [9.17, 15) is 9.90 Å². The Kier molecular flexibility index (Phi) is 2.00. The molecule has 4 nitrogen and oxygen atoms in total. The minimum absolute atomic E-state index is 0.0108. The molecular formula is C10H11NO3. The van der Waals surface area contributed by atoms with E-state index in [0.717, 1.165) is 19.3 Å². The number of hydrogen-bond donors (Lipinski definition) is 2. The number of carbonyl (C=O) groups is 1. The van der Waals surface area contributed by atoms with E-state index in [-0.39, 0.29) is 5.69 Å². The largest absolute Gasteiger partial charge is 0.477 e. The highest BCUT2D eigenvalue weighted by Crippen LogP contribution is 2.40. The SMILES string of the molecule is O=C(O)c1ccc(C2(O)CCC2)cn1. The zero-order valence-electron chi connectivity index (χ0n) is 7.60. The molecule has 0 radical (unpaired) electrons. The molecule has 0 amide bonds. The maximum atomic E-state index is 10.5. The van der Waals surface area contributed by atoms with Crippen molar-refractivity contribution in [3.8, 4) is 0 Å². The number of pyridine rings is 1. The van der Waals surface area contributed by atoms with Crippen LogP contribution in [0.1, 0.15) is 35.3 Å². The van der Waals surface area contributed by atoms with Gasteiger partial charge in [0, 0.05) is 11.8 Å². The predicted molar refractivity (Wildman–Crippen MR) is 48.9 cm³/mol. The number of aromatic nitrogens is 1. The minimum Gasteiger partial charge on any atom is -0.477 e. The third-order valence-corrected chi connectivity index (χ3v) is 2.70. The molecule has 1 aromatic heterocycles. The van der Waals surface area contributed by atoms with Gasteiger partial charge in [-0.1, -0.05) is 6.07 Å². The highest BCUT2D eigenvalue weighted by molar-refractivity contribution is 5.85. The zero-order chi connectivity index (χ0) is 10.2. The normalized spacial score (nSPS) is 18.6. The van der Waals surface area contributed by atoms with Crippen LogP contribution in [0.25, 0.3) is 0 Å². The lowest BCUT2D eigenvalue weighted by Crippen LogP contribution is -2.33. The van der Waals surface area contributed by atoms with Gasteiger partial charge in [-0.15, -0.1) is 0 Å². The van der Waals surface area contributed by atoms with Crippen molar-refractivity contribution in [3.63, 3.8) is 0 Å². The van der Waals surface area contributed by atoms with Crippen LogP contribution >= 0.6 is 0 Å². The van der Waals surface area contributed by atoms with E-state index in [1.54, 1.807) is 6.07 Å². The Balaban J connectivity index is 2.25. The number of rotatable bonds is 2. The van der Waals surface area contributed by atoms with Gasteiger partial charge in [-0.25, -0.2) is 9.78 Å². The van der Waals surface area contributed by atoms with Crippen molar-refractivity contribution >= 4 is 5.97 Å². The summed E-state index contributed by atoms with van der Waals surface area (Å²) in [4.78, 5) is 14.3. The smallest absolute Gasteiger partial charge is 0.354 e. The fraction of sp³-hybridized carbons (Fsp3) is 0.400. The molecule has 0 bridgehead atoms. The van der Waals surface area contributed by atoms with Gasteiger partial charge in [0.15, 0.2) is 0 Å². The summed E-state index contributed by atoms with van der Waals surface area (Å²) >= 11 is 0. The number of nitrogens with zero attached hydrogens (tertiary/aromatic N) is 1.